The highest BCUT2D eigenvalue weighted by molar-refractivity contribution is 6.46. The standard InChI is InChI=1S/C25H35BO6/c1-14-16(9-8-10-17(14)22(29)30-23(2,3)4)18(21(27)28)13-26-31-20-12-15-11-19(24(15,5)6)25(20,7)32-26/h8-10,15,18-20H,11-13H2,1-7H3,(H,27,28)/t15-,18?,19-,20?,25-/m0/s1. The zero-order chi connectivity index (χ0) is 23.6. The van der Waals surface area contributed by atoms with Crippen LogP contribution < -0.4 is 0 Å². The quantitative estimate of drug-likeness (QED) is 0.519. The van der Waals surface area contributed by atoms with Gasteiger partial charge in [0.25, 0.3) is 0 Å². The maximum Gasteiger partial charge on any atom is 0.458 e. The fourth-order valence-electron chi connectivity index (χ4n) is 6.19. The number of carbonyl (C=O) groups excluding carboxylic acids is 1. The van der Waals surface area contributed by atoms with E-state index in [2.05, 4.69) is 20.8 Å². The summed E-state index contributed by atoms with van der Waals surface area (Å²) < 4.78 is 18.2. The van der Waals surface area contributed by atoms with Crippen LogP contribution in [0.3, 0.4) is 0 Å². The van der Waals surface area contributed by atoms with Gasteiger partial charge in [0, 0.05) is 0 Å². The third kappa shape index (κ3) is 3.77. The van der Waals surface area contributed by atoms with Crippen LogP contribution in [-0.2, 0) is 18.8 Å². The maximum absolute atomic E-state index is 12.7. The molecule has 32 heavy (non-hydrogen) atoms. The second-order valence-corrected chi connectivity index (χ2v) is 11.5. The van der Waals surface area contributed by atoms with Crippen LogP contribution in [0, 0.1) is 24.2 Å². The maximum atomic E-state index is 12.7. The van der Waals surface area contributed by atoms with Crippen molar-refractivity contribution in [3.8, 4) is 0 Å². The number of hydrogen-bond donors (Lipinski definition) is 1. The molecule has 4 fully saturated rings. The molecule has 0 spiro atoms. The van der Waals surface area contributed by atoms with Gasteiger partial charge in [0.15, 0.2) is 0 Å². The Labute approximate surface area is 191 Å². The zero-order valence-corrected chi connectivity index (χ0v) is 20.2. The van der Waals surface area contributed by atoms with Crippen molar-refractivity contribution in [1.29, 1.82) is 0 Å². The summed E-state index contributed by atoms with van der Waals surface area (Å²) in [7, 11) is -0.578. The van der Waals surface area contributed by atoms with E-state index in [1.807, 2.05) is 20.8 Å². The first kappa shape index (κ1) is 23.3. The lowest BCUT2D eigenvalue weighted by Crippen LogP contribution is -2.65. The van der Waals surface area contributed by atoms with Crippen LogP contribution in [0.4, 0.5) is 0 Å². The number of ether oxygens (including phenoxy) is 1. The van der Waals surface area contributed by atoms with Crippen molar-refractivity contribution in [2.75, 3.05) is 0 Å². The van der Waals surface area contributed by atoms with E-state index in [0.717, 1.165) is 12.8 Å². The topological polar surface area (TPSA) is 82.1 Å². The van der Waals surface area contributed by atoms with Gasteiger partial charge in [0.1, 0.15) is 5.60 Å². The molecule has 0 radical (unpaired) electrons. The molecule has 174 valence electrons. The molecule has 0 amide bonds. The molecule has 0 aromatic heterocycles. The Balaban J connectivity index is 1.55. The SMILES string of the molecule is Cc1c(C(=O)OC(C)(C)C)cccc1C(CB1OC2C[C@@H]3C[C@@H](C3(C)C)[C@]2(C)O1)C(=O)O. The molecule has 1 aromatic carbocycles. The number of aliphatic carboxylic acids is 1. The number of carbonyl (C=O) groups is 2. The van der Waals surface area contributed by atoms with Crippen molar-refractivity contribution in [2.24, 2.45) is 17.3 Å². The molecule has 5 rings (SSSR count). The number of carboxylic acid groups (broad SMARTS) is 1. The summed E-state index contributed by atoms with van der Waals surface area (Å²) in [6, 6.07) is 5.16. The highest BCUT2D eigenvalue weighted by atomic mass is 16.7. The Kier molecular flexibility index (Phi) is 5.53. The van der Waals surface area contributed by atoms with Crippen molar-refractivity contribution >= 4 is 19.1 Å². The van der Waals surface area contributed by atoms with Crippen molar-refractivity contribution < 1.29 is 28.7 Å². The lowest BCUT2D eigenvalue weighted by atomic mass is 9.43. The van der Waals surface area contributed by atoms with Gasteiger partial charge in [0.05, 0.1) is 23.2 Å². The Morgan fingerprint density at radius 2 is 1.94 bits per heavy atom. The summed E-state index contributed by atoms with van der Waals surface area (Å²) in [5.41, 5.74) is 0.835. The minimum Gasteiger partial charge on any atom is -0.481 e. The van der Waals surface area contributed by atoms with E-state index in [9.17, 15) is 14.7 Å². The Morgan fingerprint density at radius 3 is 2.53 bits per heavy atom. The third-order valence-corrected chi connectivity index (χ3v) is 8.10. The fourth-order valence-corrected chi connectivity index (χ4v) is 6.19. The second-order valence-electron chi connectivity index (χ2n) is 11.5. The van der Waals surface area contributed by atoms with Crippen LogP contribution in [0.1, 0.15) is 81.8 Å². The van der Waals surface area contributed by atoms with Crippen LogP contribution in [0.5, 0.6) is 0 Å². The van der Waals surface area contributed by atoms with Crippen LogP contribution in [0.25, 0.3) is 0 Å². The molecule has 1 heterocycles. The van der Waals surface area contributed by atoms with Gasteiger partial charge >= 0.3 is 19.1 Å². The molecule has 3 saturated carbocycles. The van der Waals surface area contributed by atoms with Gasteiger partial charge in [-0.15, -0.1) is 0 Å². The Bertz CT molecular complexity index is 935. The summed E-state index contributed by atoms with van der Waals surface area (Å²) >= 11 is 0. The van der Waals surface area contributed by atoms with Crippen molar-refractivity contribution in [2.45, 2.75) is 90.9 Å². The molecule has 6 nitrogen and oxygen atoms in total. The first-order chi connectivity index (χ1) is 14.7. The Hall–Kier alpha value is -1.86. The van der Waals surface area contributed by atoms with E-state index in [1.54, 1.807) is 25.1 Å². The van der Waals surface area contributed by atoms with E-state index < -0.39 is 30.6 Å². The zero-order valence-electron chi connectivity index (χ0n) is 20.2. The number of rotatable bonds is 5. The highest BCUT2D eigenvalue weighted by Crippen LogP contribution is 2.65. The van der Waals surface area contributed by atoms with Gasteiger partial charge in [-0.1, -0.05) is 26.0 Å². The third-order valence-electron chi connectivity index (χ3n) is 8.10. The van der Waals surface area contributed by atoms with Crippen molar-refractivity contribution in [3.63, 3.8) is 0 Å². The van der Waals surface area contributed by atoms with Crippen LogP contribution in [0.15, 0.2) is 18.2 Å². The largest absolute Gasteiger partial charge is 0.481 e. The predicted molar refractivity (Wildman–Crippen MR) is 122 cm³/mol. The molecule has 1 saturated heterocycles. The second kappa shape index (κ2) is 7.59. The molecule has 1 aliphatic heterocycles. The molecule has 7 heteroatoms. The molecular formula is C25H35BO6. The molecule has 4 aliphatic rings. The monoisotopic (exact) mass is 442 g/mol. The minimum absolute atomic E-state index is 0.00733. The van der Waals surface area contributed by atoms with Gasteiger partial charge in [-0.05, 0) is 88.2 Å². The van der Waals surface area contributed by atoms with Gasteiger partial charge in [-0.2, -0.15) is 0 Å². The molecular weight excluding hydrogens is 407 g/mol. The van der Waals surface area contributed by atoms with Crippen LogP contribution in [0.2, 0.25) is 6.32 Å². The average molecular weight is 442 g/mol. The normalized spacial score (nSPS) is 31.5. The molecule has 1 aromatic rings. The van der Waals surface area contributed by atoms with Crippen molar-refractivity contribution in [3.05, 3.63) is 34.9 Å². The fraction of sp³-hybridized carbons (Fsp3) is 0.680. The number of esters is 1. The van der Waals surface area contributed by atoms with E-state index in [1.165, 1.54) is 0 Å². The molecule has 2 unspecified atom stereocenters. The van der Waals surface area contributed by atoms with Gasteiger partial charge < -0.3 is 19.2 Å². The number of benzene rings is 1. The number of hydrogen-bond acceptors (Lipinski definition) is 5. The molecule has 3 aliphatic carbocycles. The minimum atomic E-state index is -0.953. The van der Waals surface area contributed by atoms with Gasteiger partial charge in [-0.3, -0.25) is 4.79 Å². The van der Waals surface area contributed by atoms with Crippen LogP contribution >= 0.6 is 0 Å². The first-order valence-electron chi connectivity index (χ1n) is 11.6. The Morgan fingerprint density at radius 1 is 1.25 bits per heavy atom. The van der Waals surface area contributed by atoms with E-state index in [0.29, 0.717) is 28.5 Å². The lowest BCUT2D eigenvalue weighted by molar-refractivity contribution is -0.199. The predicted octanol–water partition coefficient (Wildman–Crippen LogP) is 4.85. The smallest absolute Gasteiger partial charge is 0.458 e. The van der Waals surface area contributed by atoms with E-state index in [4.69, 9.17) is 14.0 Å². The average Bonchev–Trinajstić information content (AvgIpc) is 3.00. The summed E-state index contributed by atoms with van der Waals surface area (Å²) in [4.78, 5) is 25.0. The summed E-state index contributed by atoms with van der Waals surface area (Å²) in [5, 5.41) is 10.1. The van der Waals surface area contributed by atoms with Gasteiger partial charge in [-0.25, -0.2) is 4.79 Å². The van der Waals surface area contributed by atoms with Crippen molar-refractivity contribution in [1.82, 2.24) is 0 Å². The van der Waals surface area contributed by atoms with Gasteiger partial charge in [0.2, 0.25) is 0 Å². The first-order valence-corrected chi connectivity index (χ1v) is 11.6. The number of carboxylic acids is 1. The van der Waals surface area contributed by atoms with E-state index >= 15 is 0 Å². The molecule has 2 bridgehead atoms. The molecule has 5 atom stereocenters. The lowest BCUT2D eigenvalue weighted by Gasteiger charge is -2.64. The summed E-state index contributed by atoms with van der Waals surface area (Å²) in [6.45, 7) is 13.9. The summed E-state index contributed by atoms with van der Waals surface area (Å²) in [6.07, 6.45) is 2.32. The van der Waals surface area contributed by atoms with E-state index in [-0.39, 0.29) is 23.4 Å². The highest BCUT2D eigenvalue weighted by Gasteiger charge is 2.67. The summed E-state index contributed by atoms with van der Waals surface area (Å²) in [5.74, 6) is -1.18. The van der Waals surface area contributed by atoms with Crippen LogP contribution in [-0.4, -0.2) is 41.5 Å². The molecule has 1 N–H and O–H groups in total.